The number of nitrogens with one attached hydrogen (secondary N) is 2. The number of H-pyrrole nitrogens is 1. The lowest BCUT2D eigenvalue weighted by Crippen LogP contribution is -2.05. The van der Waals surface area contributed by atoms with Gasteiger partial charge < -0.3 is 10.3 Å². The molecule has 164 valence electrons. The third kappa shape index (κ3) is 4.45. The molecule has 5 nitrogen and oxygen atoms in total. The van der Waals surface area contributed by atoms with Crippen LogP contribution in [0.4, 0.5) is 24.7 Å². The van der Waals surface area contributed by atoms with Gasteiger partial charge in [0.25, 0.3) is 0 Å². The largest absolute Gasteiger partial charge is 0.417 e. The van der Waals surface area contributed by atoms with Crippen molar-refractivity contribution in [1.29, 1.82) is 0 Å². The number of fused-ring (bicyclic) bond motifs is 1. The van der Waals surface area contributed by atoms with Gasteiger partial charge in [-0.2, -0.15) is 13.2 Å². The molecule has 5 aromatic rings. The number of imidazole rings is 1. The van der Waals surface area contributed by atoms with Crippen molar-refractivity contribution in [2.24, 2.45) is 0 Å². The molecule has 0 bridgehead atoms. The standard InChI is InChI=1S/C24H15BrF3N5/c25-18-13-21-20(12-17(18)24(26,27)28)30-23(31-21)15-7-4-8-16(11-15)29-22-10-9-19(32-33-22)14-5-2-1-3-6-14/h1-13H,(H,29,33)(H,30,31). The van der Waals surface area contributed by atoms with E-state index in [4.69, 9.17) is 0 Å². The lowest BCUT2D eigenvalue weighted by Gasteiger charge is -2.08. The predicted molar refractivity (Wildman–Crippen MR) is 125 cm³/mol. The molecule has 0 saturated carbocycles. The number of aromatic nitrogens is 4. The highest BCUT2D eigenvalue weighted by Gasteiger charge is 2.33. The Balaban J connectivity index is 1.41. The monoisotopic (exact) mass is 509 g/mol. The number of hydrogen-bond acceptors (Lipinski definition) is 4. The summed E-state index contributed by atoms with van der Waals surface area (Å²) in [6.45, 7) is 0. The first kappa shape index (κ1) is 21.1. The minimum atomic E-state index is -4.47. The number of anilines is 2. The van der Waals surface area contributed by atoms with Gasteiger partial charge in [0.1, 0.15) is 5.82 Å². The van der Waals surface area contributed by atoms with Gasteiger partial charge in [-0.15, -0.1) is 10.2 Å². The van der Waals surface area contributed by atoms with Crippen LogP contribution in [0, 0.1) is 0 Å². The first-order valence-corrected chi connectivity index (χ1v) is 10.7. The molecule has 3 aromatic carbocycles. The van der Waals surface area contributed by atoms with Crippen LogP contribution in [-0.4, -0.2) is 20.2 Å². The number of rotatable bonds is 4. The molecule has 0 fully saturated rings. The number of aromatic amines is 1. The quantitative estimate of drug-likeness (QED) is 0.268. The van der Waals surface area contributed by atoms with Crippen molar-refractivity contribution < 1.29 is 13.2 Å². The average molecular weight is 510 g/mol. The van der Waals surface area contributed by atoms with Gasteiger partial charge >= 0.3 is 6.18 Å². The molecule has 5 rings (SSSR count). The molecule has 9 heteroatoms. The van der Waals surface area contributed by atoms with Crippen molar-refractivity contribution in [2.75, 3.05) is 5.32 Å². The van der Waals surface area contributed by atoms with Gasteiger partial charge in [0, 0.05) is 21.3 Å². The molecule has 33 heavy (non-hydrogen) atoms. The number of halogens is 4. The van der Waals surface area contributed by atoms with Crippen molar-refractivity contribution >= 4 is 38.5 Å². The lowest BCUT2D eigenvalue weighted by atomic mass is 10.1. The number of benzene rings is 3. The number of alkyl halides is 3. The molecule has 0 amide bonds. The summed E-state index contributed by atoms with van der Waals surface area (Å²) in [5.41, 5.74) is 3.18. The Bertz CT molecular complexity index is 1430. The van der Waals surface area contributed by atoms with Crippen LogP contribution in [0.5, 0.6) is 0 Å². The highest BCUT2D eigenvalue weighted by molar-refractivity contribution is 9.10. The van der Waals surface area contributed by atoms with E-state index < -0.39 is 11.7 Å². The van der Waals surface area contributed by atoms with Gasteiger partial charge in [0.15, 0.2) is 5.82 Å². The maximum atomic E-state index is 13.2. The van der Waals surface area contributed by atoms with E-state index in [0.29, 0.717) is 17.2 Å². The van der Waals surface area contributed by atoms with Crippen molar-refractivity contribution in [1.82, 2.24) is 20.2 Å². The Kier molecular flexibility index (Phi) is 5.33. The Morgan fingerprint density at radius 3 is 2.33 bits per heavy atom. The second-order valence-corrected chi connectivity index (χ2v) is 8.16. The topological polar surface area (TPSA) is 66.5 Å². The first-order chi connectivity index (χ1) is 15.9. The molecule has 0 atom stereocenters. The summed E-state index contributed by atoms with van der Waals surface area (Å²) in [6.07, 6.45) is -4.47. The van der Waals surface area contributed by atoms with Gasteiger partial charge in [0.05, 0.1) is 22.3 Å². The summed E-state index contributed by atoms with van der Waals surface area (Å²) in [5.74, 6) is 1.03. The SMILES string of the molecule is FC(F)(F)c1cc2nc(-c3cccc(Nc4ccc(-c5ccccc5)nn4)c3)[nH]c2cc1Br. The van der Waals surface area contributed by atoms with Crippen LogP contribution < -0.4 is 5.32 Å². The molecular weight excluding hydrogens is 495 g/mol. The highest BCUT2D eigenvalue weighted by Crippen LogP contribution is 2.37. The maximum Gasteiger partial charge on any atom is 0.417 e. The molecule has 0 aliphatic heterocycles. The normalized spacial score (nSPS) is 11.6. The van der Waals surface area contributed by atoms with Crippen LogP contribution in [0.3, 0.4) is 0 Å². The molecule has 2 heterocycles. The number of hydrogen-bond donors (Lipinski definition) is 2. The maximum absolute atomic E-state index is 13.2. The summed E-state index contributed by atoms with van der Waals surface area (Å²) in [4.78, 5) is 7.44. The summed E-state index contributed by atoms with van der Waals surface area (Å²) in [7, 11) is 0. The minimum absolute atomic E-state index is 0.0364. The molecular formula is C24H15BrF3N5. The van der Waals surface area contributed by atoms with Crippen LogP contribution in [0.25, 0.3) is 33.7 Å². The van der Waals surface area contributed by atoms with Crippen molar-refractivity contribution in [3.8, 4) is 22.6 Å². The van der Waals surface area contributed by atoms with Gasteiger partial charge in [0.2, 0.25) is 0 Å². The second kappa shape index (κ2) is 8.32. The van der Waals surface area contributed by atoms with E-state index in [2.05, 4.69) is 41.4 Å². The molecule has 0 radical (unpaired) electrons. The third-order valence-electron chi connectivity index (χ3n) is 5.02. The highest BCUT2D eigenvalue weighted by atomic mass is 79.9. The van der Waals surface area contributed by atoms with Crippen LogP contribution >= 0.6 is 15.9 Å². The van der Waals surface area contributed by atoms with E-state index in [9.17, 15) is 13.2 Å². The molecule has 2 N–H and O–H groups in total. The Labute approximate surface area is 194 Å². The molecule has 0 spiro atoms. The van der Waals surface area contributed by atoms with Crippen LogP contribution in [0.1, 0.15) is 5.56 Å². The van der Waals surface area contributed by atoms with E-state index in [1.807, 2.05) is 66.7 Å². The van der Waals surface area contributed by atoms with Crippen molar-refractivity contribution in [2.45, 2.75) is 6.18 Å². The zero-order valence-electron chi connectivity index (χ0n) is 16.9. The predicted octanol–water partition coefficient (Wildman–Crippen LogP) is 7.21. The fraction of sp³-hybridized carbons (Fsp3) is 0.0417. The lowest BCUT2D eigenvalue weighted by molar-refractivity contribution is -0.138. The van der Waals surface area contributed by atoms with Crippen molar-refractivity contribution in [3.63, 3.8) is 0 Å². The van der Waals surface area contributed by atoms with Crippen molar-refractivity contribution in [3.05, 3.63) is 88.9 Å². The molecule has 2 aromatic heterocycles. The fourth-order valence-electron chi connectivity index (χ4n) is 3.44. The van der Waals surface area contributed by atoms with E-state index in [-0.39, 0.29) is 9.99 Å². The fourth-order valence-corrected chi connectivity index (χ4v) is 4.01. The van der Waals surface area contributed by atoms with Gasteiger partial charge in [-0.25, -0.2) is 4.98 Å². The second-order valence-electron chi connectivity index (χ2n) is 7.31. The zero-order valence-corrected chi connectivity index (χ0v) is 18.4. The Hall–Kier alpha value is -3.72. The van der Waals surface area contributed by atoms with E-state index in [1.165, 1.54) is 6.07 Å². The average Bonchev–Trinajstić information content (AvgIpc) is 3.22. The van der Waals surface area contributed by atoms with E-state index in [1.54, 1.807) is 0 Å². The third-order valence-corrected chi connectivity index (χ3v) is 5.67. The summed E-state index contributed by atoms with van der Waals surface area (Å²) in [5, 5.41) is 11.7. The summed E-state index contributed by atoms with van der Waals surface area (Å²) < 4.78 is 39.6. The molecule has 0 aliphatic rings. The van der Waals surface area contributed by atoms with E-state index in [0.717, 1.165) is 28.6 Å². The molecule has 0 unspecified atom stereocenters. The first-order valence-electron chi connectivity index (χ1n) is 9.90. The van der Waals surface area contributed by atoms with Gasteiger partial charge in [-0.3, -0.25) is 0 Å². The summed E-state index contributed by atoms with van der Waals surface area (Å²) in [6, 6.07) is 23.2. The smallest absolute Gasteiger partial charge is 0.339 e. The van der Waals surface area contributed by atoms with Gasteiger partial charge in [-0.1, -0.05) is 58.4 Å². The van der Waals surface area contributed by atoms with Crippen LogP contribution in [-0.2, 0) is 6.18 Å². The molecule has 0 saturated heterocycles. The summed E-state index contributed by atoms with van der Waals surface area (Å²) >= 11 is 3.00. The Morgan fingerprint density at radius 2 is 1.61 bits per heavy atom. The zero-order chi connectivity index (χ0) is 23.0. The van der Waals surface area contributed by atoms with E-state index >= 15 is 0 Å². The minimum Gasteiger partial charge on any atom is -0.339 e. The van der Waals surface area contributed by atoms with Crippen LogP contribution in [0.2, 0.25) is 0 Å². The molecule has 0 aliphatic carbocycles. The van der Waals surface area contributed by atoms with Gasteiger partial charge in [-0.05, 0) is 36.4 Å². The Morgan fingerprint density at radius 1 is 0.818 bits per heavy atom. The number of nitrogens with zero attached hydrogens (tertiary/aromatic N) is 3. The van der Waals surface area contributed by atoms with Crippen LogP contribution in [0.15, 0.2) is 83.3 Å².